The number of aliphatic imine (C=N–C) groups is 1. The number of fused-ring (bicyclic) bond motifs is 3. The fraction of sp³-hybridized carbons (Fsp3) is 0.312. The van der Waals surface area contributed by atoms with E-state index in [9.17, 15) is 0 Å². The minimum absolute atomic E-state index is 0.0914. The molecule has 0 N–H and O–H groups in total. The Kier molecular flexibility index (Phi) is 2.12. The van der Waals surface area contributed by atoms with Crippen molar-refractivity contribution in [3.63, 3.8) is 0 Å². The van der Waals surface area contributed by atoms with Gasteiger partial charge >= 0.3 is 0 Å². The van der Waals surface area contributed by atoms with Crippen molar-refractivity contribution in [1.82, 2.24) is 0 Å². The minimum atomic E-state index is 0.0914. The van der Waals surface area contributed by atoms with Gasteiger partial charge in [-0.1, -0.05) is 57.2 Å². The summed E-state index contributed by atoms with van der Waals surface area (Å²) >= 11 is 0. The third-order valence-corrected chi connectivity index (χ3v) is 3.88. The second kappa shape index (κ2) is 3.43. The fourth-order valence-corrected chi connectivity index (χ4v) is 2.83. The fourth-order valence-electron chi connectivity index (χ4n) is 2.83. The Bertz CT molecular complexity index is 620. The molecule has 1 aliphatic rings. The molecule has 1 aliphatic heterocycles. The summed E-state index contributed by atoms with van der Waals surface area (Å²) in [5, 5.41) is 2.56. The van der Waals surface area contributed by atoms with Crippen LogP contribution in [0.1, 0.15) is 32.8 Å². The third kappa shape index (κ3) is 1.35. The predicted octanol–water partition coefficient (Wildman–Crippen LogP) is 4.61. The van der Waals surface area contributed by atoms with E-state index >= 15 is 0 Å². The molecular weight excluding hydrogens is 206 g/mol. The van der Waals surface area contributed by atoms with Crippen molar-refractivity contribution in [2.45, 2.75) is 32.6 Å². The van der Waals surface area contributed by atoms with Gasteiger partial charge in [-0.05, 0) is 17.4 Å². The summed E-state index contributed by atoms with van der Waals surface area (Å²) in [6, 6.07) is 13.0. The van der Waals surface area contributed by atoms with Crippen molar-refractivity contribution in [2.24, 2.45) is 4.99 Å². The first-order chi connectivity index (χ1) is 8.14. The molecule has 0 aliphatic carbocycles. The van der Waals surface area contributed by atoms with Crippen molar-refractivity contribution in [2.75, 3.05) is 0 Å². The standard InChI is InChI=1S/C16H17N/c1-4-14-16(2,3)13-10-9-11-7-5-6-8-12(11)15(13)17-14/h5-10H,4H2,1-3H3. The largest absolute Gasteiger partial charge is 0.256 e. The zero-order valence-electron chi connectivity index (χ0n) is 10.6. The maximum atomic E-state index is 4.87. The van der Waals surface area contributed by atoms with Crippen LogP contribution in [-0.4, -0.2) is 5.71 Å². The number of hydrogen-bond acceptors (Lipinski definition) is 1. The van der Waals surface area contributed by atoms with Gasteiger partial charge in [0.05, 0.1) is 5.69 Å². The first-order valence-corrected chi connectivity index (χ1v) is 6.25. The molecule has 0 aromatic heterocycles. The summed E-state index contributed by atoms with van der Waals surface area (Å²) in [5.74, 6) is 0. The van der Waals surface area contributed by atoms with Crippen LogP contribution in [0.3, 0.4) is 0 Å². The van der Waals surface area contributed by atoms with Crippen LogP contribution < -0.4 is 0 Å². The van der Waals surface area contributed by atoms with Crippen LogP contribution in [0.4, 0.5) is 5.69 Å². The van der Waals surface area contributed by atoms with Crippen LogP contribution in [0.5, 0.6) is 0 Å². The molecule has 0 unspecified atom stereocenters. The van der Waals surface area contributed by atoms with Crippen LogP contribution in [0.25, 0.3) is 10.8 Å². The minimum Gasteiger partial charge on any atom is -0.256 e. The summed E-state index contributed by atoms with van der Waals surface area (Å²) in [6.45, 7) is 6.74. The smallest absolute Gasteiger partial charge is 0.0749 e. The van der Waals surface area contributed by atoms with Gasteiger partial charge in [-0.2, -0.15) is 0 Å². The Morgan fingerprint density at radius 3 is 2.59 bits per heavy atom. The van der Waals surface area contributed by atoms with Crippen molar-refractivity contribution < 1.29 is 0 Å². The van der Waals surface area contributed by atoms with Crippen LogP contribution in [0.2, 0.25) is 0 Å². The Hall–Kier alpha value is -1.63. The van der Waals surface area contributed by atoms with E-state index < -0.39 is 0 Å². The van der Waals surface area contributed by atoms with E-state index in [1.807, 2.05) is 0 Å². The number of hydrogen-bond donors (Lipinski definition) is 0. The second-order valence-electron chi connectivity index (χ2n) is 5.22. The molecule has 0 bridgehead atoms. The van der Waals surface area contributed by atoms with E-state index in [1.54, 1.807) is 0 Å². The second-order valence-corrected chi connectivity index (χ2v) is 5.22. The monoisotopic (exact) mass is 223 g/mol. The molecule has 1 nitrogen and oxygen atoms in total. The topological polar surface area (TPSA) is 12.4 Å². The molecule has 0 amide bonds. The molecule has 0 radical (unpaired) electrons. The summed E-state index contributed by atoms with van der Waals surface area (Å²) in [4.78, 5) is 4.87. The summed E-state index contributed by atoms with van der Waals surface area (Å²) < 4.78 is 0. The highest BCUT2D eigenvalue weighted by Crippen LogP contribution is 2.44. The number of nitrogens with zero attached hydrogens (tertiary/aromatic N) is 1. The predicted molar refractivity (Wildman–Crippen MR) is 74.4 cm³/mol. The molecule has 1 heterocycles. The van der Waals surface area contributed by atoms with Gasteiger partial charge in [0.1, 0.15) is 0 Å². The van der Waals surface area contributed by atoms with Crippen LogP contribution >= 0.6 is 0 Å². The van der Waals surface area contributed by atoms with Crippen molar-refractivity contribution >= 4 is 22.2 Å². The molecule has 86 valence electrons. The number of benzene rings is 2. The van der Waals surface area contributed by atoms with E-state index in [0.717, 1.165) is 6.42 Å². The molecule has 0 atom stereocenters. The summed E-state index contributed by atoms with van der Waals surface area (Å²) in [5.41, 5.74) is 3.94. The van der Waals surface area contributed by atoms with E-state index in [1.165, 1.54) is 27.7 Å². The van der Waals surface area contributed by atoms with E-state index in [4.69, 9.17) is 4.99 Å². The van der Waals surface area contributed by atoms with E-state index in [0.29, 0.717) is 0 Å². The van der Waals surface area contributed by atoms with Crippen molar-refractivity contribution in [1.29, 1.82) is 0 Å². The Morgan fingerprint density at radius 2 is 1.82 bits per heavy atom. The first-order valence-electron chi connectivity index (χ1n) is 6.25. The van der Waals surface area contributed by atoms with Crippen LogP contribution in [0.15, 0.2) is 41.4 Å². The highest BCUT2D eigenvalue weighted by atomic mass is 14.8. The van der Waals surface area contributed by atoms with Gasteiger partial charge in [0, 0.05) is 16.5 Å². The molecule has 0 fully saturated rings. The van der Waals surface area contributed by atoms with Gasteiger partial charge in [-0.25, -0.2) is 0 Å². The molecule has 0 spiro atoms. The van der Waals surface area contributed by atoms with Gasteiger partial charge in [0.15, 0.2) is 0 Å². The lowest BCUT2D eigenvalue weighted by molar-refractivity contribution is 0.723. The lowest BCUT2D eigenvalue weighted by Crippen LogP contribution is -2.24. The van der Waals surface area contributed by atoms with Gasteiger partial charge in [0.2, 0.25) is 0 Å². The molecule has 17 heavy (non-hydrogen) atoms. The quantitative estimate of drug-likeness (QED) is 0.669. The first kappa shape index (κ1) is 10.5. The zero-order chi connectivity index (χ0) is 12.0. The van der Waals surface area contributed by atoms with Crippen molar-refractivity contribution in [3.8, 4) is 0 Å². The lowest BCUT2D eigenvalue weighted by Gasteiger charge is -2.21. The van der Waals surface area contributed by atoms with Crippen LogP contribution in [0, 0.1) is 0 Å². The molecule has 3 rings (SSSR count). The normalized spacial score (nSPS) is 17.0. The third-order valence-electron chi connectivity index (χ3n) is 3.88. The molecule has 2 aromatic rings. The highest BCUT2D eigenvalue weighted by molar-refractivity contribution is 6.07. The number of rotatable bonds is 1. The van der Waals surface area contributed by atoms with Gasteiger partial charge in [-0.3, -0.25) is 4.99 Å². The average Bonchev–Trinajstić information content (AvgIpc) is 2.61. The molecule has 2 aromatic carbocycles. The van der Waals surface area contributed by atoms with E-state index in [-0.39, 0.29) is 5.41 Å². The summed E-state index contributed by atoms with van der Waals surface area (Å²) in [6.07, 6.45) is 1.02. The highest BCUT2D eigenvalue weighted by Gasteiger charge is 2.34. The Morgan fingerprint density at radius 1 is 1.06 bits per heavy atom. The zero-order valence-corrected chi connectivity index (χ0v) is 10.6. The SMILES string of the molecule is CCC1=Nc2c(ccc3ccccc23)C1(C)C. The lowest BCUT2D eigenvalue weighted by atomic mass is 9.80. The van der Waals surface area contributed by atoms with Gasteiger partial charge < -0.3 is 0 Å². The molecule has 1 heteroatoms. The van der Waals surface area contributed by atoms with E-state index in [2.05, 4.69) is 57.2 Å². The van der Waals surface area contributed by atoms with Crippen LogP contribution in [-0.2, 0) is 5.41 Å². The molecular formula is C16H17N. The molecule has 0 saturated carbocycles. The average molecular weight is 223 g/mol. The summed E-state index contributed by atoms with van der Waals surface area (Å²) in [7, 11) is 0. The Labute approximate surface area is 102 Å². The maximum absolute atomic E-state index is 4.87. The molecule has 0 saturated heterocycles. The van der Waals surface area contributed by atoms with Gasteiger partial charge in [0.25, 0.3) is 0 Å². The van der Waals surface area contributed by atoms with Crippen molar-refractivity contribution in [3.05, 3.63) is 42.0 Å². The van der Waals surface area contributed by atoms with Gasteiger partial charge in [-0.15, -0.1) is 0 Å². The Balaban J connectivity index is 2.37. The maximum Gasteiger partial charge on any atom is 0.0749 e.